The van der Waals surface area contributed by atoms with Crippen molar-refractivity contribution in [1.29, 1.82) is 0 Å². The molecule has 0 bridgehead atoms. The Morgan fingerprint density at radius 2 is 1.86 bits per heavy atom. The van der Waals surface area contributed by atoms with Crippen molar-refractivity contribution in [2.75, 3.05) is 18.6 Å². The molecule has 0 amide bonds. The van der Waals surface area contributed by atoms with Crippen LogP contribution >= 0.6 is 0 Å². The standard InChI is InChI=1S/C21H28F3N3O/c1-5-6-7-10-16-11-8-9-12-18(16)27(4)19-17(21(22,23)24)13-25-20(26-19)28-14-15(2)3/h8-9,11-13,15H,5-7,10,14H2,1-4H3. The van der Waals surface area contributed by atoms with Gasteiger partial charge in [0.25, 0.3) is 0 Å². The minimum Gasteiger partial charge on any atom is -0.463 e. The molecule has 0 unspecified atom stereocenters. The number of ether oxygens (including phenoxy) is 1. The number of para-hydroxylation sites is 1. The van der Waals surface area contributed by atoms with Crippen molar-refractivity contribution < 1.29 is 17.9 Å². The number of nitrogens with zero attached hydrogens (tertiary/aromatic N) is 3. The van der Waals surface area contributed by atoms with Gasteiger partial charge >= 0.3 is 12.2 Å². The van der Waals surface area contributed by atoms with Gasteiger partial charge in [-0.05, 0) is 30.4 Å². The smallest absolute Gasteiger partial charge is 0.421 e. The largest absolute Gasteiger partial charge is 0.463 e. The molecular weight excluding hydrogens is 367 g/mol. The van der Waals surface area contributed by atoms with Crippen molar-refractivity contribution in [3.05, 3.63) is 41.6 Å². The molecule has 0 fully saturated rings. The predicted octanol–water partition coefficient (Wildman–Crippen LogP) is 6.03. The highest BCUT2D eigenvalue weighted by Crippen LogP contribution is 2.38. The van der Waals surface area contributed by atoms with Crippen LogP contribution in [0.3, 0.4) is 0 Å². The molecule has 0 atom stereocenters. The molecule has 0 radical (unpaired) electrons. The first kappa shape index (κ1) is 22.0. The number of aromatic nitrogens is 2. The Balaban J connectivity index is 2.42. The molecule has 2 rings (SSSR count). The van der Waals surface area contributed by atoms with Crippen molar-refractivity contribution in [2.45, 2.75) is 52.6 Å². The number of unbranched alkanes of at least 4 members (excludes halogenated alkanes) is 2. The van der Waals surface area contributed by atoms with Crippen LogP contribution < -0.4 is 9.64 Å². The maximum Gasteiger partial charge on any atom is 0.421 e. The fourth-order valence-electron chi connectivity index (χ4n) is 2.85. The Morgan fingerprint density at radius 3 is 2.50 bits per heavy atom. The first-order chi connectivity index (χ1) is 13.2. The molecule has 0 aliphatic heterocycles. The van der Waals surface area contributed by atoms with E-state index in [1.165, 1.54) is 4.90 Å². The van der Waals surface area contributed by atoms with Crippen LogP contribution in [0.15, 0.2) is 30.5 Å². The highest BCUT2D eigenvalue weighted by atomic mass is 19.4. The van der Waals surface area contributed by atoms with Gasteiger partial charge in [-0.2, -0.15) is 18.2 Å². The summed E-state index contributed by atoms with van der Waals surface area (Å²) in [6.07, 6.45) is 0.189. The lowest BCUT2D eigenvalue weighted by molar-refractivity contribution is -0.137. The zero-order valence-corrected chi connectivity index (χ0v) is 16.9. The number of rotatable bonds is 9. The van der Waals surface area contributed by atoms with Gasteiger partial charge < -0.3 is 9.64 Å². The second-order valence-corrected chi connectivity index (χ2v) is 7.24. The van der Waals surface area contributed by atoms with E-state index in [4.69, 9.17) is 4.74 Å². The Kier molecular flexibility index (Phi) is 7.66. The molecule has 1 aromatic heterocycles. The van der Waals surface area contributed by atoms with Gasteiger partial charge in [0.2, 0.25) is 0 Å². The van der Waals surface area contributed by atoms with Gasteiger partial charge in [-0.15, -0.1) is 0 Å². The minimum atomic E-state index is -4.56. The average Bonchev–Trinajstić information content (AvgIpc) is 2.65. The fourth-order valence-corrected chi connectivity index (χ4v) is 2.85. The summed E-state index contributed by atoms with van der Waals surface area (Å²) in [6, 6.07) is 7.44. The van der Waals surface area contributed by atoms with Gasteiger partial charge in [0, 0.05) is 18.9 Å². The Hall–Kier alpha value is -2.31. The van der Waals surface area contributed by atoms with Crippen LogP contribution in [0.1, 0.15) is 51.2 Å². The van der Waals surface area contributed by atoms with Crippen molar-refractivity contribution in [3.8, 4) is 6.01 Å². The lowest BCUT2D eigenvalue weighted by Gasteiger charge is -2.25. The topological polar surface area (TPSA) is 38.2 Å². The summed E-state index contributed by atoms with van der Waals surface area (Å²) in [7, 11) is 1.60. The van der Waals surface area contributed by atoms with E-state index in [0.29, 0.717) is 12.3 Å². The van der Waals surface area contributed by atoms with E-state index in [2.05, 4.69) is 16.9 Å². The molecule has 0 aliphatic rings. The third-order valence-electron chi connectivity index (χ3n) is 4.32. The van der Waals surface area contributed by atoms with Gasteiger partial charge in [-0.1, -0.05) is 51.8 Å². The van der Waals surface area contributed by atoms with Crippen molar-refractivity contribution >= 4 is 11.5 Å². The summed E-state index contributed by atoms with van der Waals surface area (Å²) in [6.45, 7) is 6.35. The SMILES string of the molecule is CCCCCc1ccccc1N(C)c1nc(OCC(C)C)ncc1C(F)(F)F. The van der Waals surface area contributed by atoms with E-state index >= 15 is 0 Å². The second-order valence-electron chi connectivity index (χ2n) is 7.24. The average molecular weight is 395 g/mol. The maximum atomic E-state index is 13.6. The summed E-state index contributed by atoms with van der Waals surface area (Å²) in [4.78, 5) is 9.33. The number of aryl methyl sites for hydroxylation is 1. The van der Waals surface area contributed by atoms with E-state index in [1.807, 2.05) is 38.1 Å². The van der Waals surface area contributed by atoms with Crippen LogP contribution in [0.4, 0.5) is 24.7 Å². The van der Waals surface area contributed by atoms with Gasteiger partial charge in [0.05, 0.1) is 6.61 Å². The summed E-state index contributed by atoms with van der Waals surface area (Å²) < 4.78 is 46.2. The summed E-state index contributed by atoms with van der Waals surface area (Å²) in [5.41, 5.74) is 0.822. The van der Waals surface area contributed by atoms with Gasteiger partial charge in [-0.3, -0.25) is 0 Å². The van der Waals surface area contributed by atoms with E-state index in [0.717, 1.165) is 37.4 Å². The highest BCUT2D eigenvalue weighted by Gasteiger charge is 2.37. The van der Waals surface area contributed by atoms with Crippen LogP contribution in [0, 0.1) is 5.92 Å². The number of alkyl halides is 3. The van der Waals surface area contributed by atoms with E-state index in [-0.39, 0.29) is 17.7 Å². The van der Waals surface area contributed by atoms with E-state index in [1.54, 1.807) is 7.05 Å². The Labute approximate surface area is 164 Å². The highest BCUT2D eigenvalue weighted by molar-refractivity contribution is 5.66. The monoisotopic (exact) mass is 395 g/mol. The molecule has 7 heteroatoms. The molecule has 1 heterocycles. The van der Waals surface area contributed by atoms with Crippen LogP contribution in [-0.2, 0) is 12.6 Å². The van der Waals surface area contributed by atoms with Crippen molar-refractivity contribution in [2.24, 2.45) is 5.92 Å². The molecule has 1 aromatic carbocycles. The zero-order valence-electron chi connectivity index (χ0n) is 16.9. The molecule has 154 valence electrons. The number of halogens is 3. The quantitative estimate of drug-likeness (QED) is 0.486. The normalized spacial score (nSPS) is 11.7. The molecule has 0 saturated carbocycles. The molecule has 0 spiro atoms. The maximum absolute atomic E-state index is 13.6. The van der Waals surface area contributed by atoms with Crippen LogP contribution in [0.5, 0.6) is 6.01 Å². The number of anilines is 2. The predicted molar refractivity (Wildman–Crippen MR) is 105 cm³/mol. The number of benzene rings is 1. The summed E-state index contributed by atoms with van der Waals surface area (Å²) in [5, 5.41) is 0. The molecule has 0 N–H and O–H groups in total. The van der Waals surface area contributed by atoms with Gasteiger partial charge in [-0.25, -0.2) is 4.98 Å². The molecule has 0 aliphatic carbocycles. The third kappa shape index (κ3) is 5.84. The van der Waals surface area contributed by atoms with Crippen molar-refractivity contribution in [1.82, 2.24) is 9.97 Å². The summed E-state index contributed by atoms with van der Waals surface area (Å²) >= 11 is 0. The Bertz CT molecular complexity index is 763. The molecule has 0 saturated heterocycles. The lowest BCUT2D eigenvalue weighted by Crippen LogP contribution is -2.20. The van der Waals surface area contributed by atoms with E-state index < -0.39 is 11.7 Å². The third-order valence-corrected chi connectivity index (χ3v) is 4.32. The minimum absolute atomic E-state index is 0.0491. The first-order valence-electron chi connectivity index (χ1n) is 9.62. The fraction of sp³-hybridized carbons (Fsp3) is 0.524. The molecular formula is C21H28F3N3O. The molecule has 4 nitrogen and oxygen atoms in total. The Morgan fingerprint density at radius 1 is 1.14 bits per heavy atom. The van der Waals surface area contributed by atoms with Crippen molar-refractivity contribution in [3.63, 3.8) is 0 Å². The number of hydrogen-bond acceptors (Lipinski definition) is 4. The van der Waals surface area contributed by atoms with E-state index in [9.17, 15) is 13.2 Å². The van der Waals surface area contributed by atoms with Crippen LogP contribution in [0.25, 0.3) is 0 Å². The zero-order chi connectivity index (χ0) is 20.7. The lowest BCUT2D eigenvalue weighted by atomic mass is 10.0. The van der Waals surface area contributed by atoms with Gasteiger partial charge in [0.15, 0.2) is 5.82 Å². The van der Waals surface area contributed by atoms with Gasteiger partial charge in [0.1, 0.15) is 5.56 Å². The van der Waals surface area contributed by atoms with Crippen LogP contribution in [-0.4, -0.2) is 23.6 Å². The first-order valence-corrected chi connectivity index (χ1v) is 9.62. The van der Waals surface area contributed by atoms with Crippen LogP contribution in [0.2, 0.25) is 0 Å². The summed E-state index contributed by atoms with van der Waals surface area (Å²) in [5.74, 6) is 0.00978. The molecule has 2 aromatic rings. The second kappa shape index (κ2) is 9.75. The number of hydrogen-bond donors (Lipinski definition) is 0. The molecule has 28 heavy (non-hydrogen) atoms.